The van der Waals surface area contributed by atoms with Gasteiger partial charge in [0, 0.05) is 18.5 Å². The zero-order chi connectivity index (χ0) is 15.2. The van der Waals surface area contributed by atoms with Crippen molar-refractivity contribution in [3.8, 4) is 0 Å². The Labute approximate surface area is 122 Å². The molecule has 3 nitrogen and oxygen atoms in total. The molecule has 0 aromatic carbocycles. The SMILES string of the molecule is CON(C)C(C)CC(C)(CC1=CCC=CC=C1)C(C)=O. The van der Waals surface area contributed by atoms with Crippen LogP contribution in [0.1, 0.15) is 40.0 Å². The van der Waals surface area contributed by atoms with E-state index in [1.54, 1.807) is 19.1 Å². The quantitative estimate of drug-likeness (QED) is 0.665. The molecule has 0 aromatic rings. The van der Waals surface area contributed by atoms with Crippen LogP contribution in [-0.2, 0) is 9.63 Å². The Balaban J connectivity index is 2.81. The van der Waals surface area contributed by atoms with Gasteiger partial charge in [-0.05, 0) is 33.1 Å². The molecule has 0 aromatic heterocycles. The van der Waals surface area contributed by atoms with Crippen LogP contribution in [0.2, 0.25) is 0 Å². The van der Waals surface area contributed by atoms with E-state index in [4.69, 9.17) is 4.84 Å². The first-order chi connectivity index (χ1) is 9.39. The maximum Gasteiger partial charge on any atom is 0.136 e. The van der Waals surface area contributed by atoms with E-state index in [0.29, 0.717) is 0 Å². The van der Waals surface area contributed by atoms with E-state index in [1.165, 1.54) is 5.57 Å². The smallest absolute Gasteiger partial charge is 0.136 e. The monoisotopic (exact) mass is 277 g/mol. The van der Waals surface area contributed by atoms with Gasteiger partial charge in [-0.3, -0.25) is 4.79 Å². The van der Waals surface area contributed by atoms with Gasteiger partial charge in [-0.2, -0.15) is 5.06 Å². The third-order valence-electron chi connectivity index (χ3n) is 4.17. The van der Waals surface area contributed by atoms with Gasteiger partial charge in [-0.15, -0.1) is 0 Å². The standard InChI is InChI=1S/C17H27NO2/c1-14(18(4)20-5)12-17(3,15(2)19)13-16-10-8-6-7-9-11-16/h6-8,10-11,14H,9,12-13H2,1-5H3. The minimum atomic E-state index is -0.354. The maximum absolute atomic E-state index is 12.1. The molecule has 0 aliphatic heterocycles. The average molecular weight is 277 g/mol. The number of nitrogens with zero attached hydrogens (tertiary/aromatic N) is 1. The Morgan fingerprint density at radius 2 is 2.20 bits per heavy atom. The van der Waals surface area contributed by atoms with Gasteiger partial charge < -0.3 is 4.84 Å². The second-order valence-corrected chi connectivity index (χ2v) is 5.88. The molecule has 0 heterocycles. The second-order valence-electron chi connectivity index (χ2n) is 5.88. The molecule has 20 heavy (non-hydrogen) atoms. The van der Waals surface area contributed by atoms with E-state index in [0.717, 1.165) is 19.3 Å². The molecule has 1 rings (SSSR count). The van der Waals surface area contributed by atoms with Crippen LogP contribution in [0.15, 0.2) is 36.0 Å². The van der Waals surface area contributed by atoms with Crippen molar-refractivity contribution >= 4 is 5.78 Å². The normalized spacial score (nSPS) is 19.4. The van der Waals surface area contributed by atoms with Gasteiger partial charge in [-0.25, -0.2) is 0 Å². The van der Waals surface area contributed by atoms with Crippen molar-refractivity contribution in [2.45, 2.75) is 46.1 Å². The van der Waals surface area contributed by atoms with Gasteiger partial charge in [-0.1, -0.05) is 42.9 Å². The van der Waals surface area contributed by atoms with Crippen molar-refractivity contribution in [3.05, 3.63) is 36.0 Å². The van der Waals surface area contributed by atoms with E-state index in [1.807, 2.05) is 13.1 Å². The van der Waals surface area contributed by atoms with Gasteiger partial charge in [0.15, 0.2) is 0 Å². The van der Waals surface area contributed by atoms with Gasteiger partial charge in [0.1, 0.15) is 5.78 Å². The molecule has 0 spiro atoms. The highest BCUT2D eigenvalue weighted by molar-refractivity contribution is 5.82. The average Bonchev–Trinajstić information content (AvgIpc) is 2.65. The van der Waals surface area contributed by atoms with Gasteiger partial charge >= 0.3 is 0 Å². The summed E-state index contributed by atoms with van der Waals surface area (Å²) in [6, 6.07) is 0.197. The van der Waals surface area contributed by atoms with Crippen LogP contribution in [0.25, 0.3) is 0 Å². The lowest BCUT2D eigenvalue weighted by molar-refractivity contribution is -0.148. The first-order valence-corrected chi connectivity index (χ1v) is 7.19. The molecular formula is C17H27NO2. The first-order valence-electron chi connectivity index (χ1n) is 7.19. The lowest BCUT2D eigenvalue weighted by atomic mass is 9.75. The van der Waals surface area contributed by atoms with Crippen LogP contribution in [0, 0.1) is 5.41 Å². The van der Waals surface area contributed by atoms with Crippen molar-refractivity contribution in [1.82, 2.24) is 5.06 Å². The zero-order valence-corrected chi connectivity index (χ0v) is 13.3. The Morgan fingerprint density at radius 1 is 1.50 bits per heavy atom. The summed E-state index contributed by atoms with van der Waals surface area (Å²) in [7, 11) is 3.56. The molecule has 1 aliphatic carbocycles. The number of carbonyl (C=O) groups excluding carboxylic acids is 1. The molecule has 0 radical (unpaired) electrons. The fraction of sp³-hybridized carbons (Fsp3) is 0.588. The topological polar surface area (TPSA) is 29.5 Å². The van der Waals surface area contributed by atoms with E-state index in [-0.39, 0.29) is 17.2 Å². The third kappa shape index (κ3) is 4.73. The van der Waals surface area contributed by atoms with E-state index in [9.17, 15) is 4.79 Å². The second kappa shape index (κ2) is 7.55. The Morgan fingerprint density at radius 3 is 2.80 bits per heavy atom. The predicted molar refractivity (Wildman–Crippen MR) is 83.2 cm³/mol. The molecule has 0 saturated carbocycles. The van der Waals surface area contributed by atoms with Crippen LogP contribution >= 0.6 is 0 Å². The van der Waals surface area contributed by atoms with E-state index < -0.39 is 0 Å². The fourth-order valence-electron chi connectivity index (χ4n) is 2.51. The lowest BCUT2D eigenvalue weighted by Gasteiger charge is -2.33. The minimum absolute atomic E-state index is 0.197. The number of carbonyl (C=O) groups is 1. The van der Waals surface area contributed by atoms with Crippen molar-refractivity contribution < 1.29 is 9.63 Å². The molecule has 112 valence electrons. The molecule has 0 N–H and O–H groups in total. The fourth-order valence-corrected chi connectivity index (χ4v) is 2.51. The highest BCUT2D eigenvalue weighted by Gasteiger charge is 2.33. The summed E-state index contributed by atoms with van der Waals surface area (Å²) in [5, 5.41) is 1.81. The number of hydroxylamine groups is 2. The van der Waals surface area contributed by atoms with Crippen LogP contribution in [0.3, 0.4) is 0 Å². The van der Waals surface area contributed by atoms with Crippen molar-refractivity contribution in [1.29, 1.82) is 0 Å². The van der Waals surface area contributed by atoms with E-state index in [2.05, 4.69) is 38.2 Å². The molecule has 0 fully saturated rings. The summed E-state index contributed by atoms with van der Waals surface area (Å²) < 4.78 is 0. The summed E-state index contributed by atoms with van der Waals surface area (Å²) >= 11 is 0. The van der Waals surface area contributed by atoms with E-state index >= 15 is 0 Å². The van der Waals surface area contributed by atoms with Crippen molar-refractivity contribution in [2.24, 2.45) is 5.41 Å². The number of rotatable bonds is 7. The molecule has 0 amide bonds. The Kier molecular flexibility index (Phi) is 6.37. The maximum atomic E-state index is 12.1. The van der Waals surface area contributed by atoms with Crippen molar-refractivity contribution in [3.63, 3.8) is 0 Å². The van der Waals surface area contributed by atoms with Gasteiger partial charge in [0.2, 0.25) is 0 Å². The van der Waals surface area contributed by atoms with Crippen LogP contribution in [0.4, 0.5) is 0 Å². The molecule has 2 atom stereocenters. The molecule has 0 bridgehead atoms. The van der Waals surface area contributed by atoms with Gasteiger partial charge in [0.25, 0.3) is 0 Å². The predicted octanol–water partition coefficient (Wildman–Crippen LogP) is 3.69. The van der Waals surface area contributed by atoms with Gasteiger partial charge in [0.05, 0.1) is 7.11 Å². The zero-order valence-electron chi connectivity index (χ0n) is 13.3. The van der Waals surface area contributed by atoms with Crippen LogP contribution in [-0.4, -0.2) is 31.0 Å². The van der Waals surface area contributed by atoms with Crippen molar-refractivity contribution in [2.75, 3.05) is 14.2 Å². The van der Waals surface area contributed by atoms with Crippen LogP contribution < -0.4 is 0 Å². The molecule has 0 saturated heterocycles. The molecule has 2 unspecified atom stereocenters. The molecule has 3 heteroatoms. The highest BCUT2D eigenvalue weighted by atomic mass is 16.7. The first kappa shape index (κ1) is 16.9. The molecule has 1 aliphatic rings. The Hall–Kier alpha value is -1.19. The summed E-state index contributed by atoms with van der Waals surface area (Å²) in [5.74, 6) is 0.236. The Bertz CT molecular complexity index is 423. The number of hydrogen-bond donors (Lipinski definition) is 0. The number of Topliss-reactive ketones (excluding diaryl/α,β-unsaturated/α-hetero) is 1. The highest BCUT2D eigenvalue weighted by Crippen LogP contribution is 2.34. The minimum Gasteiger partial charge on any atom is -0.302 e. The largest absolute Gasteiger partial charge is 0.302 e. The summed E-state index contributed by atoms with van der Waals surface area (Å²) in [4.78, 5) is 17.4. The molecular weight excluding hydrogens is 250 g/mol. The number of allylic oxidation sites excluding steroid dienone is 6. The number of hydrogen-bond acceptors (Lipinski definition) is 3. The summed E-state index contributed by atoms with van der Waals surface area (Å²) in [6.07, 6.45) is 13.0. The summed E-state index contributed by atoms with van der Waals surface area (Å²) in [6.45, 7) is 5.84. The van der Waals surface area contributed by atoms with Crippen LogP contribution in [0.5, 0.6) is 0 Å². The summed E-state index contributed by atoms with van der Waals surface area (Å²) in [5.41, 5.74) is 0.882. The third-order valence-corrected chi connectivity index (χ3v) is 4.17. The number of ketones is 1. The lowest BCUT2D eigenvalue weighted by Crippen LogP contribution is -2.37.